The second kappa shape index (κ2) is 7.89. The van der Waals surface area contributed by atoms with E-state index in [9.17, 15) is 4.79 Å². The molecule has 0 bridgehead atoms. The first-order chi connectivity index (χ1) is 15.0. The van der Waals surface area contributed by atoms with Crippen molar-refractivity contribution in [3.8, 4) is 28.1 Å². The highest BCUT2D eigenvalue weighted by molar-refractivity contribution is 6.40. The third-order valence-corrected chi connectivity index (χ3v) is 5.69. The van der Waals surface area contributed by atoms with Crippen LogP contribution in [-0.2, 0) is 0 Å². The first-order valence-electron chi connectivity index (χ1n) is 9.35. The molecule has 0 atom stereocenters. The molecule has 0 N–H and O–H groups in total. The number of hydrogen-bond donors (Lipinski definition) is 0. The molecule has 5 rings (SSSR count). The quantitative estimate of drug-likeness (QED) is 0.280. The summed E-state index contributed by atoms with van der Waals surface area (Å²) in [6.45, 7) is 0. The van der Waals surface area contributed by atoms with Crippen molar-refractivity contribution in [3.63, 3.8) is 0 Å². The zero-order valence-corrected chi connectivity index (χ0v) is 18.1. The van der Waals surface area contributed by atoms with Gasteiger partial charge >= 0.3 is 5.63 Å². The molecule has 2 heterocycles. The van der Waals surface area contributed by atoms with E-state index in [0.29, 0.717) is 27.4 Å². The summed E-state index contributed by atoms with van der Waals surface area (Å²) in [5.41, 5.74) is 3.19. The Labute approximate surface area is 192 Å². The van der Waals surface area contributed by atoms with Gasteiger partial charge in [0.15, 0.2) is 0 Å². The molecule has 0 unspecified atom stereocenters. The van der Waals surface area contributed by atoms with Crippen molar-refractivity contribution in [1.82, 2.24) is 9.78 Å². The fourth-order valence-electron chi connectivity index (χ4n) is 3.59. The molecule has 0 fully saturated rings. The Morgan fingerprint density at radius 3 is 1.97 bits per heavy atom. The zero-order valence-electron chi connectivity index (χ0n) is 15.9. The van der Waals surface area contributed by atoms with Crippen LogP contribution in [0.25, 0.3) is 39.2 Å². The average molecular weight is 468 g/mol. The van der Waals surface area contributed by atoms with Crippen LogP contribution >= 0.6 is 34.8 Å². The molecule has 0 aliphatic heterocycles. The van der Waals surface area contributed by atoms with E-state index < -0.39 is 5.63 Å². The summed E-state index contributed by atoms with van der Waals surface area (Å²) in [5, 5.41) is 6.43. The molecule has 152 valence electrons. The molecule has 31 heavy (non-hydrogen) atoms. The van der Waals surface area contributed by atoms with Crippen LogP contribution in [0.1, 0.15) is 0 Å². The third kappa shape index (κ3) is 3.53. The summed E-state index contributed by atoms with van der Waals surface area (Å²) >= 11 is 19.0. The Morgan fingerprint density at radius 2 is 1.35 bits per heavy atom. The number of rotatable bonds is 3. The van der Waals surface area contributed by atoms with Gasteiger partial charge in [-0.2, -0.15) is 9.78 Å². The minimum absolute atomic E-state index is 0.247. The fraction of sp³-hybridized carbons (Fsp3) is 0. The number of halogens is 3. The molecule has 2 aromatic heterocycles. The summed E-state index contributed by atoms with van der Waals surface area (Å²) in [7, 11) is 0. The first-order valence-corrected chi connectivity index (χ1v) is 10.5. The fourth-order valence-corrected chi connectivity index (χ4v) is 4.56. The standard InChI is InChI=1S/C24H13Cl3N2O2/c25-16-11-18(26)23(19(27)12-16)29-24-21(22(28-29)15-9-5-2-6-10-15)17(13-20(30)31-24)14-7-3-1-4-8-14/h1-13H. The first kappa shape index (κ1) is 19.9. The summed E-state index contributed by atoms with van der Waals surface area (Å²) < 4.78 is 7.11. The number of nitrogens with zero attached hydrogens (tertiary/aromatic N) is 2. The van der Waals surface area contributed by atoms with Gasteiger partial charge in [-0.05, 0) is 17.7 Å². The van der Waals surface area contributed by atoms with Gasteiger partial charge < -0.3 is 4.42 Å². The molecular weight excluding hydrogens is 455 g/mol. The monoisotopic (exact) mass is 466 g/mol. The van der Waals surface area contributed by atoms with E-state index in [-0.39, 0.29) is 15.8 Å². The topological polar surface area (TPSA) is 48.0 Å². The van der Waals surface area contributed by atoms with Crippen molar-refractivity contribution in [2.75, 3.05) is 0 Å². The van der Waals surface area contributed by atoms with Gasteiger partial charge in [-0.1, -0.05) is 95.5 Å². The van der Waals surface area contributed by atoms with Crippen LogP contribution in [0.4, 0.5) is 0 Å². The number of aromatic nitrogens is 2. The minimum atomic E-state index is -0.506. The van der Waals surface area contributed by atoms with Gasteiger partial charge in [0.2, 0.25) is 5.71 Å². The highest BCUT2D eigenvalue weighted by Crippen LogP contribution is 2.39. The molecule has 4 nitrogen and oxygen atoms in total. The molecule has 0 saturated heterocycles. The Bertz CT molecular complexity index is 1450. The van der Waals surface area contributed by atoms with Crippen molar-refractivity contribution in [3.05, 3.63) is 104 Å². The van der Waals surface area contributed by atoms with E-state index in [4.69, 9.17) is 44.3 Å². The molecule has 3 aromatic carbocycles. The maximum Gasteiger partial charge on any atom is 0.338 e. The largest absolute Gasteiger partial charge is 0.403 e. The van der Waals surface area contributed by atoms with Gasteiger partial charge in [0, 0.05) is 22.2 Å². The summed E-state index contributed by atoms with van der Waals surface area (Å²) in [6.07, 6.45) is 0. The summed E-state index contributed by atoms with van der Waals surface area (Å²) in [4.78, 5) is 12.5. The smallest absolute Gasteiger partial charge is 0.338 e. The lowest BCUT2D eigenvalue weighted by Crippen LogP contribution is -2.03. The Balaban J connectivity index is 1.94. The van der Waals surface area contributed by atoms with Crippen molar-refractivity contribution >= 4 is 45.9 Å². The average Bonchev–Trinajstić information content (AvgIpc) is 3.13. The molecule has 0 radical (unpaired) electrons. The molecule has 0 saturated carbocycles. The lowest BCUT2D eigenvalue weighted by Gasteiger charge is -2.08. The maximum absolute atomic E-state index is 12.5. The van der Waals surface area contributed by atoms with Gasteiger partial charge in [0.25, 0.3) is 0 Å². The van der Waals surface area contributed by atoms with E-state index in [1.54, 1.807) is 12.1 Å². The third-order valence-electron chi connectivity index (χ3n) is 4.90. The number of hydrogen-bond acceptors (Lipinski definition) is 3. The van der Waals surface area contributed by atoms with Crippen LogP contribution in [0.15, 0.2) is 88.1 Å². The van der Waals surface area contributed by atoms with E-state index in [2.05, 4.69) is 0 Å². The van der Waals surface area contributed by atoms with Gasteiger partial charge in [-0.15, -0.1) is 0 Å². The highest BCUT2D eigenvalue weighted by atomic mass is 35.5. The molecular formula is C24H13Cl3N2O2. The summed E-state index contributed by atoms with van der Waals surface area (Å²) in [6, 6.07) is 23.9. The van der Waals surface area contributed by atoms with Gasteiger partial charge in [-0.25, -0.2) is 4.79 Å². The van der Waals surface area contributed by atoms with Crippen molar-refractivity contribution < 1.29 is 4.42 Å². The van der Waals surface area contributed by atoms with Crippen molar-refractivity contribution in [2.24, 2.45) is 0 Å². The van der Waals surface area contributed by atoms with Crippen LogP contribution in [0, 0.1) is 0 Å². The molecule has 7 heteroatoms. The summed E-state index contributed by atoms with van der Waals surface area (Å²) in [5.74, 6) is 0. The molecule has 5 aromatic rings. The Hall–Kier alpha value is -3.05. The van der Waals surface area contributed by atoms with E-state index in [1.807, 2.05) is 60.7 Å². The van der Waals surface area contributed by atoms with Crippen LogP contribution in [0.3, 0.4) is 0 Å². The second-order valence-electron chi connectivity index (χ2n) is 6.87. The Morgan fingerprint density at radius 1 is 0.774 bits per heavy atom. The SMILES string of the molecule is O=c1cc(-c2ccccc2)c2c(-c3ccccc3)nn(-c3c(Cl)cc(Cl)cc3Cl)c2o1. The molecule has 0 spiro atoms. The van der Waals surface area contributed by atoms with Crippen molar-refractivity contribution in [2.45, 2.75) is 0 Å². The van der Waals surface area contributed by atoms with Crippen LogP contribution in [0.5, 0.6) is 0 Å². The predicted octanol–water partition coefficient (Wildman–Crippen LogP) is 7.27. The Kier molecular flexibility index (Phi) is 5.06. The lowest BCUT2D eigenvalue weighted by atomic mass is 10.0. The maximum atomic E-state index is 12.5. The van der Waals surface area contributed by atoms with E-state index >= 15 is 0 Å². The zero-order chi connectivity index (χ0) is 21.5. The van der Waals surface area contributed by atoms with Crippen LogP contribution in [-0.4, -0.2) is 9.78 Å². The number of benzene rings is 3. The predicted molar refractivity (Wildman–Crippen MR) is 126 cm³/mol. The second-order valence-corrected chi connectivity index (χ2v) is 8.12. The number of fused-ring (bicyclic) bond motifs is 1. The van der Waals surface area contributed by atoms with Gasteiger partial charge in [0.05, 0.1) is 15.4 Å². The lowest BCUT2D eigenvalue weighted by molar-refractivity contribution is 0.536. The van der Waals surface area contributed by atoms with Crippen LogP contribution < -0.4 is 5.63 Å². The van der Waals surface area contributed by atoms with Crippen LogP contribution in [0.2, 0.25) is 15.1 Å². The van der Waals surface area contributed by atoms with Gasteiger partial charge in [0.1, 0.15) is 11.4 Å². The highest BCUT2D eigenvalue weighted by Gasteiger charge is 2.23. The minimum Gasteiger partial charge on any atom is -0.403 e. The molecule has 0 aliphatic rings. The molecule has 0 amide bonds. The van der Waals surface area contributed by atoms with Gasteiger partial charge in [-0.3, -0.25) is 0 Å². The normalized spacial score (nSPS) is 11.2. The van der Waals surface area contributed by atoms with Crippen molar-refractivity contribution in [1.29, 1.82) is 0 Å². The van der Waals surface area contributed by atoms with E-state index in [0.717, 1.165) is 11.1 Å². The van der Waals surface area contributed by atoms with E-state index in [1.165, 1.54) is 10.7 Å². The molecule has 0 aliphatic carbocycles.